The summed E-state index contributed by atoms with van der Waals surface area (Å²) >= 11 is 5.22. The normalized spacial score (nSPS) is 10.4. The fraction of sp³-hybridized carbons (Fsp3) is 0.222. The molecule has 0 heterocycles. The molecule has 0 saturated heterocycles. The smallest absolute Gasteiger partial charge is 0.191 e. The van der Waals surface area contributed by atoms with E-state index in [2.05, 4.69) is 15.8 Å². The Balaban J connectivity index is 1.89. The summed E-state index contributed by atoms with van der Waals surface area (Å²) in [5.41, 5.74) is 4.48. The standard InChI is InChI=1S/C18H21N3O3S/c1-4-24-15-8-5-13(6-9-15)12-19-21-18(25)20-14-7-10-16(22-2)17(11-14)23-3/h5-12H,4H2,1-3H3,(H2,20,21,25). The number of methoxy groups -OCH3 is 2. The topological polar surface area (TPSA) is 64.1 Å². The number of nitrogens with one attached hydrogen (secondary N) is 2. The Bertz CT molecular complexity index is 733. The lowest BCUT2D eigenvalue weighted by Crippen LogP contribution is -2.23. The first-order valence-electron chi connectivity index (χ1n) is 7.71. The minimum Gasteiger partial charge on any atom is -0.494 e. The minimum atomic E-state index is 0.370. The molecule has 0 aliphatic heterocycles. The molecular weight excluding hydrogens is 338 g/mol. The molecule has 132 valence electrons. The third kappa shape index (κ3) is 5.65. The third-order valence-corrected chi connectivity index (χ3v) is 3.41. The molecule has 0 fully saturated rings. The largest absolute Gasteiger partial charge is 0.494 e. The van der Waals surface area contributed by atoms with Gasteiger partial charge in [-0.1, -0.05) is 0 Å². The van der Waals surface area contributed by atoms with Gasteiger partial charge in [0.25, 0.3) is 0 Å². The molecule has 0 unspecified atom stereocenters. The van der Waals surface area contributed by atoms with Crippen molar-refractivity contribution < 1.29 is 14.2 Å². The molecular formula is C18H21N3O3S. The maximum absolute atomic E-state index is 5.40. The van der Waals surface area contributed by atoms with E-state index in [-0.39, 0.29) is 0 Å². The van der Waals surface area contributed by atoms with Gasteiger partial charge < -0.3 is 19.5 Å². The lowest BCUT2D eigenvalue weighted by atomic mass is 10.2. The molecule has 0 aromatic heterocycles. The molecule has 6 nitrogen and oxygen atoms in total. The molecule has 2 aromatic rings. The van der Waals surface area contributed by atoms with Gasteiger partial charge in [-0.15, -0.1) is 0 Å². The van der Waals surface area contributed by atoms with Crippen LogP contribution >= 0.6 is 12.2 Å². The quantitative estimate of drug-likeness (QED) is 0.449. The summed E-state index contributed by atoms with van der Waals surface area (Å²) in [7, 11) is 3.17. The molecule has 2 N–H and O–H groups in total. The van der Waals surface area contributed by atoms with Crippen molar-refractivity contribution in [2.24, 2.45) is 5.10 Å². The zero-order valence-corrected chi connectivity index (χ0v) is 15.2. The van der Waals surface area contributed by atoms with Gasteiger partial charge in [0, 0.05) is 11.8 Å². The van der Waals surface area contributed by atoms with Gasteiger partial charge in [0.1, 0.15) is 5.75 Å². The van der Waals surface area contributed by atoms with Gasteiger partial charge in [-0.05, 0) is 61.1 Å². The highest BCUT2D eigenvalue weighted by atomic mass is 32.1. The van der Waals surface area contributed by atoms with Crippen LogP contribution in [0.1, 0.15) is 12.5 Å². The number of hydrogen-bond donors (Lipinski definition) is 2. The Labute approximate surface area is 152 Å². The molecule has 2 aromatic carbocycles. The van der Waals surface area contributed by atoms with Crippen LogP contribution in [0.2, 0.25) is 0 Å². The van der Waals surface area contributed by atoms with E-state index in [1.165, 1.54) is 0 Å². The number of anilines is 1. The van der Waals surface area contributed by atoms with Crippen LogP contribution in [0, 0.1) is 0 Å². The monoisotopic (exact) mass is 359 g/mol. The van der Waals surface area contributed by atoms with Crippen LogP contribution in [0.5, 0.6) is 17.2 Å². The highest BCUT2D eigenvalue weighted by Gasteiger charge is 2.05. The van der Waals surface area contributed by atoms with Crippen molar-refractivity contribution in [3.05, 3.63) is 48.0 Å². The van der Waals surface area contributed by atoms with Crippen molar-refractivity contribution in [2.45, 2.75) is 6.92 Å². The van der Waals surface area contributed by atoms with Gasteiger partial charge in [-0.25, -0.2) is 0 Å². The van der Waals surface area contributed by atoms with Crippen molar-refractivity contribution in [3.63, 3.8) is 0 Å². The van der Waals surface area contributed by atoms with E-state index in [0.717, 1.165) is 17.0 Å². The van der Waals surface area contributed by atoms with E-state index in [1.807, 2.05) is 37.3 Å². The van der Waals surface area contributed by atoms with E-state index in [1.54, 1.807) is 32.6 Å². The van der Waals surface area contributed by atoms with Crippen LogP contribution in [0.4, 0.5) is 5.69 Å². The van der Waals surface area contributed by atoms with Gasteiger partial charge in [-0.2, -0.15) is 5.10 Å². The van der Waals surface area contributed by atoms with Gasteiger partial charge in [0.2, 0.25) is 0 Å². The summed E-state index contributed by atoms with van der Waals surface area (Å²) in [4.78, 5) is 0. The van der Waals surface area contributed by atoms with Gasteiger partial charge in [0.15, 0.2) is 16.6 Å². The highest BCUT2D eigenvalue weighted by molar-refractivity contribution is 7.80. The van der Waals surface area contributed by atoms with E-state index >= 15 is 0 Å². The van der Waals surface area contributed by atoms with Gasteiger partial charge in [-0.3, -0.25) is 5.43 Å². The average Bonchev–Trinajstić information content (AvgIpc) is 2.63. The second-order valence-corrected chi connectivity index (χ2v) is 5.30. The molecule has 0 saturated carbocycles. The number of benzene rings is 2. The maximum atomic E-state index is 5.40. The first kappa shape index (κ1) is 18.5. The number of rotatable bonds is 7. The van der Waals surface area contributed by atoms with Crippen LogP contribution in [-0.4, -0.2) is 32.2 Å². The lowest BCUT2D eigenvalue weighted by molar-refractivity contribution is 0.340. The Morgan fingerprint density at radius 2 is 1.80 bits per heavy atom. The lowest BCUT2D eigenvalue weighted by Gasteiger charge is -2.11. The third-order valence-electron chi connectivity index (χ3n) is 3.21. The number of ether oxygens (including phenoxy) is 3. The molecule has 25 heavy (non-hydrogen) atoms. The molecule has 2 rings (SSSR count). The SMILES string of the molecule is CCOc1ccc(C=NNC(=S)Nc2ccc(OC)c(OC)c2)cc1. The molecule has 0 radical (unpaired) electrons. The number of nitrogens with zero attached hydrogens (tertiary/aromatic N) is 1. The zero-order valence-electron chi connectivity index (χ0n) is 14.4. The summed E-state index contributed by atoms with van der Waals surface area (Å²) in [6.07, 6.45) is 1.68. The average molecular weight is 359 g/mol. The van der Waals surface area contributed by atoms with Crippen molar-refractivity contribution in [3.8, 4) is 17.2 Å². The van der Waals surface area contributed by atoms with E-state index in [4.69, 9.17) is 26.4 Å². The fourth-order valence-electron chi connectivity index (χ4n) is 2.06. The van der Waals surface area contributed by atoms with Gasteiger partial charge >= 0.3 is 0 Å². The Morgan fingerprint density at radius 3 is 2.44 bits per heavy atom. The van der Waals surface area contributed by atoms with Crippen molar-refractivity contribution in [2.75, 3.05) is 26.1 Å². The summed E-state index contributed by atoms with van der Waals surface area (Å²) in [5.74, 6) is 2.10. The zero-order chi connectivity index (χ0) is 18.1. The Morgan fingerprint density at radius 1 is 1.08 bits per heavy atom. The second-order valence-electron chi connectivity index (χ2n) is 4.90. The first-order chi connectivity index (χ1) is 12.2. The second kappa shape index (κ2) is 9.48. The molecule has 0 aliphatic rings. The van der Waals surface area contributed by atoms with Crippen molar-refractivity contribution in [1.29, 1.82) is 0 Å². The minimum absolute atomic E-state index is 0.370. The van der Waals surface area contributed by atoms with Crippen LogP contribution in [0.3, 0.4) is 0 Å². The predicted molar refractivity (Wildman–Crippen MR) is 104 cm³/mol. The molecule has 0 aliphatic carbocycles. The highest BCUT2D eigenvalue weighted by Crippen LogP contribution is 2.29. The van der Waals surface area contributed by atoms with Gasteiger partial charge in [0.05, 0.1) is 27.0 Å². The van der Waals surface area contributed by atoms with Crippen molar-refractivity contribution in [1.82, 2.24) is 5.43 Å². The molecule has 0 bridgehead atoms. The van der Waals surface area contributed by atoms with Crippen LogP contribution in [0.15, 0.2) is 47.6 Å². The Hall–Kier alpha value is -2.80. The molecule has 0 amide bonds. The summed E-state index contributed by atoms with van der Waals surface area (Å²) in [6.45, 7) is 2.59. The molecule has 0 atom stereocenters. The number of hydrazone groups is 1. The van der Waals surface area contributed by atoms with E-state index in [9.17, 15) is 0 Å². The molecule has 0 spiro atoms. The number of thiocarbonyl (C=S) groups is 1. The summed E-state index contributed by atoms with van der Waals surface area (Å²) in [5, 5.41) is 7.52. The summed E-state index contributed by atoms with van der Waals surface area (Å²) in [6, 6.07) is 13.1. The predicted octanol–water partition coefficient (Wildman–Crippen LogP) is 3.42. The van der Waals surface area contributed by atoms with E-state index < -0.39 is 0 Å². The van der Waals surface area contributed by atoms with Crippen LogP contribution < -0.4 is 25.0 Å². The van der Waals surface area contributed by atoms with Crippen LogP contribution in [-0.2, 0) is 0 Å². The first-order valence-corrected chi connectivity index (χ1v) is 8.12. The number of hydrogen-bond acceptors (Lipinski definition) is 5. The van der Waals surface area contributed by atoms with Crippen LogP contribution in [0.25, 0.3) is 0 Å². The Kier molecular flexibility index (Phi) is 7.03. The summed E-state index contributed by atoms with van der Waals surface area (Å²) < 4.78 is 15.9. The van der Waals surface area contributed by atoms with E-state index in [0.29, 0.717) is 23.2 Å². The fourth-order valence-corrected chi connectivity index (χ4v) is 2.23. The molecule has 7 heteroatoms. The van der Waals surface area contributed by atoms with Crippen molar-refractivity contribution >= 4 is 29.2 Å². The maximum Gasteiger partial charge on any atom is 0.191 e.